The molecule has 0 aromatic heterocycles. The molecule has 0 bridgehead atoms. The van der Waals surface area contributed by atoms with Crippen LogP contribution in [0.5, 0.6) is 0 Å². The largest absolute Gasteiger partial charge is 2.00 e. The Morgan fingerprint density at radius 1 is 0.545 bits per heavy atom. The Morgan fingerprint density at radius 2 is 0.636 bits per heavy atom. The molecule has 0 unspecified atom stereocenters. The average Bonchev–Trinajstić information content (AvgIpc) is 1.84. The van der Waals surface area contributed by atoms with Crippen molar-refractivity contribution in [1.29, 1.82) is 0 Å². The fourth-order valence-corrected chi connectivity index (χ4v) is 0. The van der Waals surface area contributed by atoms with Crippen molar-refractivity contribution >= 4 is 0 Å². The van der Waals surface area contributed by atoms with E-state index in [9.17, 15) is 0 Å². The molecule has 0 rings (SSSR count). The van der Waals surface area contributed by atoms with Crippen LogP contribution >= 0.6 is 0 Å². The minimum Gasteiger partial charge on any atom is -1.00 e. The topological polar surface area (TPSA) is 104 Å². The molecule has 0 spiro atoms. The molecule has 0 aromatic carbocycles. The standard InChI is InChI=1S/C6H16N2.C2H8N2.6CH3.2HI.2Pd/c1-5(2,7)6(3,4)8;3-1-2-4;;;;;;;;;;/h7-8H2,1-4H3;1-4H2;6*1H3;2*1H;;/q;;6*-1;;;2*+2/p-2. The van der Waals surface area contributed by atoms with Crippen LogP contribution in [0.4, 0.5) is 0 Å². The van der Waals surface area contributed by atoms with Gasteiger partial charge in [0.1, 0.15) is 0 Å². The zero-order valence-electron chi connectivity index (χ0n) is 16.1. The molecule has 8 heteroatoms. The minimum atomic E-state index is -0.285. The smallest absolute Gasteiger partial charge is 1.00 e. The first-order valence-electron chi connectivity index (χ1n) is 4.14. The number of hydrogen-bond donors (Lipinski definition) is 4. The van der Waals surface area contributed by atoms with Gasteiger partial charge in [-0.25, -0.2) is 0 Å². The molecular weight excluding hydrogens is 691 g/mol. The van der Waals surface area contributed by atoms with Crippen molar-refractivity contribution in [2.45, 2.75) is 38.8 Å². The molecule has 0 saturated heterocycles. The average molecular weight is 733 g/mol. The molecule has 4 nitrogen and oxygen atoms in total. The van der Waals surface area contributed by atoms with Gasteiger partial charge >= 0.3 is 40.8 Å². The van der Waals surface area contributed by atoms with E-state index in [2.05, 4.69) is 0 Å². The van der Waals surface area contributed by atoms with Crippen LogP contribution in [0, 0.1) is 44.6 Å². The van der Waals surface area contributed by atoms with Gasteiger partial charge in [-0.3, -0.25) is 0 Å². The molecule has 0 aromatic rings. The Labute approximate surface area is 206 Å². The summed E-state index contributed by atoms with van der Waals surface area (Å²) in [5, 5.41) is 0. The van der Waals surface area contributed by atoms with Gasteiger partial charge in [0.2, 0.25) is 0 Å². The minimum absolute atomic E-state index is 0. The van der Waals surface area contributed by atoms with Gasteiger partial charge in [-0.2, -0.15) is 0 Å². The molecule has 0 fully saturated rings. The maximum atomic E-state index is 5.69. The van der Waals surface area contributed by atoms with Gasteiger partial charge in [0.05, 0.1) is 0 Å². The molecule has 0 heterocycles. The summed E-state index contributed by atoms with van der Waals surface area (Å²) in [6, 6.07) is 0. The zero-order valence-corrected chi connectivity index (χ0v) is 23.5. The monoisotopic (exact) mass is 732 g/mol. The van der Waals surface area contributed by atoms with Gasteiger partial charge in [0, 0.05) is 24.2 Å². The molecule has 8 N–H and O–H groups in total. The Bertz CT molecular complexity index is 106. The number of halogens is 2. The fraction of sp³-hybridized carbons (Fsp3) is 0.571. The van der Waals surface area contributed by atoms with Crippen LogP contribution in [-0.2, 0) is 40.8 Å². The van der Waals surface area contributed by atoms with E-state index in [4.69, 9.17) is 22.9 Å². The van der Waals surface area contributed by atoms with Gasteiger partial charge in [0.15, 0.2) is 0 Å². The Kier molecular flexibility index (Phi) is 171. The van der Waals surface area contributed by atoms with E-state index in [1.54, 1.807) is 0 Å². The molecule has 0 aliphatic rings. The molecule has 0 atom stereocenters. The van der Waals surface area contributed by atoms with Crippen molar-refractivity contribution in [3.63, 3.8) is 0 Å². The molecule has 0 radical (unpaired) electrons. The summed E-state index contributed by atoms with van der Waals surface area (Å²) in [5.74, 6) is 0. The van der Waals surface area contributed by atoms with Gasteiger partial charge in [-0.1, -0.05) is 0 Å². The third-order valence-corrected chi connectivity index (χ3v) is 1.83. The van der Waals surface area contributed by atoms with Crippen molar-refractivity contribution in [3.8, 4) is 0 Å². The second kappa shape index (κ2) is 43.8. The SMILES string of the molecule is CC(C)(N)C(C)(C)N.NCCN.[CH3-].[CH3-].[CH3-].[CH3-].[CH3-].[CH3-].[I-].[I-].[Pd+2].[Pd+2]. The molecule has 0 aliphatic heterocycles. The Balaban J connectivity index is -0.00000000667. The first-order chi connectivity index (χ1) is 5.16. The van der Waals surface area contributed by atoms with Gasteiger partial charge in [-0.15, -0.1) is 0 Å². The molecule has 0 amide bonds. The first-order valence-corrected chi connectivity index (χ1v) is 4.14. The van der Waals surface area contributed by atoms with Gasteiger partial charge in [0.25, 0.3) is 0 Å². The maximum absolute atomic E-state index is 5.69. The van der Waals surface area contributed by atoms with Crippen LogP contribution < -0.4 is 70.9 Å². The third-order valence-electron chi connectivity index (χ3n) is 1.83. The van der Waals surface area contributed by atoms with Crippen molar-refractivity contribution in [2.75, 3.05) is 13.1 Å². The summed E-state index contributed by atoms with van der Waals surface area (Å²) in [5.41, 5.74) is 20.6. The second-order valence-electron chi connectivity index (χ2n) is 4.02. The van der Waals surface area contributed by atoms with E-state index >= 15 is 0 Å². The molecule has 156 valence electrons. The van der Waals surface area contributed by atoms with E-state index in [1.165, 1.54) is 0 Å². The van der Waals surface area contributed by atoms with E-state index in [0.29, 0.717) is 13.1 Å². The van der Waals surface area contributed by atoms with Crippen LogP contribution in [0.3, 0.4) is 0 Å². The third kappa shape index (κ3) is 66.4. The Morgan fingerprint density at radius 3 is 0.636 bits per heavy atom. The van der Waals surface area contributed by atoms with E-state index in [-0.39, 0.29) is 144 Å². The van der Waals surface area contributed by atoms with Gasteiger partial charge < -0.3 is 115 Å². The summed E-state index contributed by atoms with van der Waals surface area (Å²) in [6.07, 6.45) is 0. The van der Waals surface area contributed by atoms with Crippen molar-refractivity contribution in [2.24, 2.45) is 22.9 Å². The van der Waals surface area contributed by atoms with Crippen LogP contribution in [-0.4, -0.2) is 24.2 Å². The summed E-state index contributed by atoms with van der Waals surface area (Å²) in [7, 11) is 0. The summed E-state index contributed by atoms with van der Waals surface area (Å²) in [6.45, 7) is 8.89. The van der Waals surface area contributed by atoms with Crippen LogP contribution in [0.1, 0.15) is 27.7 Å². The molecule has 0 saturated carbocycles. The summed E-state index contributed by atoms with van der Waals surface area (Å²) < 4.78 is 0. The van der Waals surface area contributed by atoms with Crippen molar-refractivity contribution < 1.29 is 88.8 Å². The van der Waals surface area contributed by atoms with Gasteiger partial charge in [-0.05, 0) is 27.7 Å². The number of hydrogen-bond acceptors (Lipinski definition) is 4. The predicted molar refractivity (Wildman–Crippen MR) is 93.1 cm³/mol. The van der Waals surface area contributed by atoms with Crippen molar-refractivity contribution in [3.05, 3.63) is 44.6 Å². The number of nitrogens with two attached hydrogens (primary N) is 4. The molecule has 22 heavy (non-hydrogen) atoms. The normalized spacial score (nSPS) is 6.55. The van der Waals surface area contributed by atoms with Crippen molar-refractivity contribution in [1.82, 2.24) is 0 Å². The quantitative estimate of drug-likeness (QED) is 0.133. The van der Waals surface area contributed by atoms with Crippen LogP contribution in [0.25, 0.3) is 0 Å². The predicted octanol–water partition coefficient (Wildman–Crippen LogP) is -3.93. The molecule has 0 aliphatic carbocycles. The van der Waals surface area contributed by atoms with Crippen LogP contribution in [0.2, 0.25) is 0 Å². The van der Waals surface area contributed by atoms with E-state index in [0.717, 1.165) is 0 Å². The van der Waals surface area contributed by atoms with E-state index < -0.39 is 0 Å². The zero-order chi connectivity index (χ0) is 10.4. The summed E-state index contributed by atoms with van der Waals surface area (Å²) >= 11 is 0. The van der Waals surface area contributed by atoms with Crippen LogP contribution in [0.15, 0.2) is 0 Å². The summed E-state index contributed by atoms with van der Waals surface area (Å²) in [4.78, 5) is 0. The first kappa shape index (κ1) is 86.2. The maximum Gasteiger partial charge on any atom is 2.00 e. The van der Waals surface area contributed by atoms with E-state index in [1.807, 2.05) is 27.7 Å². The second-order valence-corrected chi connectivity index (χ2v) is 4.02. The number of rotatable bonds is 2. The fourth-order valence-electron chi connectivity index (χ4n) is 0. The molecular formula is C14H42I2N4Pd2-4. The Hall–Kier alpha value is 2.62.